The molecule has 0 aromatic rings. The number of hydrogen-bond donors (Lipinski definition) is 9. The van der Waals surface area contributed by atoms with Gasteiger partial charge in [0, 0.05) is 6.42 Å². The van der Waals surface area contributed by atoms with Gasteiger partial charge in [-0.2, -0.15) is 0 Å². The van der Waals surface area contributed by atoms with Crippen LogP contribution in [0.25, 0.3) is 0 Å². The summed E-state index contributed by atoms with van der Waals surface area (Å²) in [7, 11) is 0. The molecule has 2 fully saturated rings. The average Bonchev–Trinajstić information content (AvgIpc) is 3.65. The second-order valence-corrected chi connectivity index (χ2v) is 22.8. The van der Waals surface area contributed by atoms with E-state index in [0.29, 0.717) is 12.8 Å². The maximum absolute atomic E-state index is 13.3. The van der Waals surface area contributed by atoms with Gasteiger partial charge in [-0.1, -0.05) is 239 Å². The molecule has 2 saturated heterocycles. The Kier molecular flexibility index (Phi) is 48.7. The molecule has 14 nitrogen and oxygen atoms in total. The molecule has 2 aliphatic heterocycles. The fourth-order valence-corrected chi connectivity index (χ4v) is 10.2. The van der Waals surface area contributed by atoms with Crippen LogP contribution in [-0.4, -0.2) is 140 Å². The molecule has 9 N–H and O–H groups in total. The highest BCUT2D eigenvalue weighted by atomic mass is 16.7. The number of unbranched alkanes of at least 4 members (excludes halogenated alkanes) is 25. The quantitative estimate of drug-likeness (QED) is 0.0204. The van der Waals surface area contributed by atoms with E-state index in [1.54, 1.807) is 6.08 Å². The van der Waals surface area contributed by atoms with Crippen LogP contribution in [-0.2, 0) is 23.7 Å². The number of rotatable bonds is 52. The zero-order chi connectivity index (χ0) is 60.2. The molecule has 0 bridgehead atoms. The van der Waals surface area contributed by atoms with Crippen LogP contribution >= 0.6 is 0 Å². The Morgan fingerprint density at radius 3 is 1.33 bits per heavy atom. The van der Waals surface area contributed by atoms with E-state index in [2.05, 4.69) is 104 Å². The molecular weight excluding hydrogens is 1050 g/mol. The number of ether oxygens (including phenoxy) is 4. The van der Waals surface area contributed by atoms with Gasteiger partial charge in [0.1, 0.15) is 48.8 Å². The number of carbonyl (C=O) groups excluding carboxylic acids is 1. The summed E-state index contributed by atoms with van der Waals surface area (Å²) in [4.78, 5) is 13.3. The fraction of sp³-hybridized carbons (Fsp3) is 0.754. The number of aliphatic hydroxyl groups is 8. The Bertz CT molecular complexity index is 1760. The van der Waals surface area contributed by atoms with Crippen molar-refractivity contribution in [1.82, 2.24) is 5.32 Å². The highest BCUT2D eigenvalue weighted by Gasteiger charge is 2.51. The maximum atomic E-state index is 13.3. The first-order valence-electron chi connectivity index (χ1n) is 33.0. The Morgan fingerprint density at radius 1 is 0.446 bits per heavy atom. The molecule has 83 heavy (non-hydrogen) atoms. The molecule has 2 aliphatic rings. The lowest BCUT2D eigenvalue weighted by Gasteiger charge is -2.46. The second-order valence-electron chi connectivity index (χ2n) is 22.8. The first-order valence-corrected chi connectivity index (χ1v) is 33.0. The Balaban J connectivity index is 1.74. The summed E-state index contributed by atoms with van der Waals surface area (Å²) >= 11 is 0. The van der Waals surface area contributed by atoms with Crippen molar-refractivity contribution in [3.05, 3.63) is 97.2 Å². The minimum atomic E-state index is -1.80. The third kappa shape index (κ3) is 37.9. The molecule has 1 amide bonds. The van der Waals surface area contributed by atoms with E-state index >= 15 is 0 Å². The van der Waals surface area contributed by atoms with Gasteiger partial charge in [0.05, 0.1) is 32.0 Å². The second kappa shape index (κ2) is 53.2. The smallest absolute Gasteiger partial charge is 0.220 e. The monoisotopic (exact) mass is 1170 g/mol. The van der Waals surface area contributed by atoms with Gasteiger partial charge in [0.25, 0.3) is 0 Å². The van der Waals surface area contributed by atoms with Crippen LogP contribution in [0.4, 0.5) is 0 Å². The lowest BCUT2D eigenvalue weighted by atomic mass is 9.97. The maximum Gasteiger partial charge on any atom is 0.220 e. The summed E-state index contributed by atoms with van der Waals surface area (Å²) in [5.74, 6) is -0.259. The van der Waals surface area contributed by atoms with E-state index in [4.69, 9.17) is 18.9 Å². The van der Waals surface area contributed by atoms with Crippen molar-refractivity contribution >= 4 is 5.91 Å². The van der Waals surface area contributed by atoms with Crippen LogP contribution in [0.3, 0.4) is 0 Å². The molecule has 478 valence electrons. The Hall–Kier alpha value is -3.09. The number of allylic oxidation sites excluding steroid dienone is 15. The highest BCUT2D eigenvalue weighted by molar-refractivity contribution is 5.76. The Morgan fingerprint density at radius 2 is 0.843 bits per heavy atom. The largest absolute Gasteiger partial charge is 0.394 e. The highest BCUT2D eigenvalue weighted by Crippen LogP contribution is 2.30. The van der Waals surface area contributed by atoms with E-state index < -0.39 is 86.8 Å². The number of amides is 1. The van der Waals surface area contributed by atoms with E-state index in [1.807, 2.05) is 6.08 Å². The van der Waals surface area contributed by atoms with Gasteiger partial charge >= 0.3 is 0 Å². The number of hydrogen-bond acceptors (Lipinski definition) is 13. The summed E-state index contributed by atoms with van der Waals surface area (Å²) in [6.45, 7) is 2.67. The first-order chi connectivity index (χ1) is 40.6. The lowest BCUT2D eigenvalue weighted by Crippen LogP contribution is -2.65. The molecule has 0 aromatic heterocycles. The van der Waals surface area contributed by atoms with Crippen LogP contribution in [0.2, 0.25) is 0 Å². The minimum Gasteiger partial charge on any atom is -0.394 e. The predicted molar refractivity (Wildman–Crippen MR) is 336 cm³/mol. The van der Waals surface area contributed by atoms with Crippen molar-refractivity contribution < 1.29 is 64.6 Å². The number of aliphatic hydroxyl groups excluding tert-OH is 8. The van der Waals surface area contributed by atoms with Crippen molar-refractivity contribution in [2.45, 2.75) is 312 Å². The Labute approximate surface area is 503 Å². The van der Waals surface area contributed by atoms with Crippen molar-refractivity contribution in [1.29, 1.82) is 0 Å². The van der Waals surface area contributed by atoms with Crippen molar-refractivity contribution in [2.24, 2.45) is 0 Å². The SMILES string of the molecule is CC/C=C\C/C=C\C/C=C\C/C=C\C/C=C\CCCCCCCCCCCCCC(=O)NC(COC1OC(CO)C(OC2OC(CO)C(O)C(O)C2O)C(O)C1O)C(O)/C=C/CC/C=C/CC/C=C/CCCCCCCCCCCCCC. The van der Waals surface area contributed by atoms with Crippen LogP contribution in [0.1, 0.15) is 239 Å². The molecule has 14 heteroatoms. The van der Waals surface area contributed by atoms with E-state index in [0.717, 1.165) is 83.5 Å². The molecule has 0 saturated carbocycles. The van der Waals surface area contributed by atoms with E-state index in [-0.39, 0.29) is 18.9 Å². The standard InChI is InChI=1S/C69H119NO13/c1-3-5-7-9-11-13-15-17-19-21-23-25-27-28-29-30-31-33-35-37-39-41-43-45-47-49-51-53-61(74)70-57(56-80-68-66(79)64(77)67(60(55-72)82-68)83-69-65(78)63(76)62(75)59(54-71)81-69)58(73)52-50-48-46-44-42-40-38-36-34-32-26-24-22-20-18-16-14-12-10-8-6-4-2/h5,7,11,13,17,19,23,25,28-29,34,36,42,44,50,52,57-60,62-69,71-73,75-79H,3-4,6,8-10,12,14-16,18,20-22,24,26-27,30-33,35,37-41,43,45-49,51,53-56H2,1-2H3,(H,70,74)/b7-5-,13-11-,19-17-,25-23-,29-28-,36-34+,44-42+,52-50+. The molecule has 0 radical (unpaired) electrons. The first kappa shape index (κ1) is 76.0. The summed E-state index contributed by atoms with van der Waals surface area (Å²) in [6, 6.07) is -0.947. The van der Waals surface area contributed by atoms with Crippen molar-refractivity contribution in [2.75, 3.05) is 19.8 Å². The molecule has 12 atom stereocenters. The molecule has 12 unspecified atom stereocenters. The minimum absolute atomic E-state index is 0.259. The third-order valence-electron chi connectivity index (χ3n) is 15.5. The van der Waals surface area contributed by atoms with Crippen LogP contribution in [0, 0.1) is 0 Å². The fourth-order valence-electron chi connectivity index (χ4n) is 10.2. The van der Waals surface area contributed by atoms with Gasteiger partial charge in [-0.3, -0.25) is 4.79 Å². The lowest BCUT2D eigenvalue weighted by molar-refractivity contribution is -0.359. The molecule has 0 aromatic carbocycles. The third-order valence-corrected chi connectivity index (χ3v) is 15.5. The zero-order valence-corrected chi connectivity index (χ0v) is 51.7. The van der Waals surface area contributed by atoms with E-state index in [1.165, 1.54) is 122 Å². The van der Waals surface area contributed by atoms with Gasteiger partial charge in [-0.25, -0.2) is 0 Å². The van der Waals surface area contributed by atoms with Gasteiger partial charge in [-0.15, -0.1) is 0 Å². The summed E-state index contributed by atoms with van der Waals surface area (Å²) in [5, 5.41) is 87.3. The number of nitrogens with one attached hydrogen (secondary N) is 1. The van der Waals surface area contributed by atoms with Crippen LogP contribution in [0.15, 0.2) is 97.2 Å². The van der Waals surface area contributed by atoms with Gasteiger partial charge in [0.2, 0.25) is 5.91 Å². The van der Waals surface area contributed by atoms with Crippen molar-refractivity contribution in [3.63, 3.8) is 0 Å². The summed E-state index contributed by atoms with van der Waals surface area (Å²) < 4.78 is 22.8. The molecular formula is C69H119NO13. The van der Waals surface area contributed by atoms with Crippen molar-refractivity contribution in [3.8, 4) is 0 Å². The van der Waals surface area contributed by atoms with Crippen LogP contribution < -0.4 is 5.32 Å². The molecule has 0 aliphatic carbocycles. The molecule has 2 rings (SSSR count). The van der Waals surface area contributed by atoms with Gasteiger partial charge in [0.15, 0.2) is 12.6 Å². The topological polar surface area (TPSA) is 228 Å². The zero-order valence-electron chi connectivity index (χ0n) is 51.7. The summed E-state index contributed by atoms with van der Waals surface area (Å²) in [6.07, 6.45) is 57.3. The molecule has 2 heterocycles. The summed E-state index contributed by atoms with van der Waals surface area (Å²) in [5.41, 5.74) is 0. The van der Waals surface area contributed by atoms with Crippen LogP contribution in [0.5, 0.6) is 0 Å². The number of carbonyl (C=O) groups is 1. The van der Waals surface area contributed by atoms with E-state index in [9.17, 15) is 45.6 Å². The normalized spacial score (nSPS) is 24.5. The average molecular weight is 1170 g/mol. The predicted octanol–water partition coefficient (Wildman–Crippen LogP) is 12.6. The molecule has 0 spiro atoms. The van der Waals surface area contributed by atoms with Gasteiger partial charge in [-0.05, 0) is 89.9 Å². The van der Waals surface area contributed by atoms with Gasteiger partial charge < -0.3 is 65.1 Å².